The molecular formula is C9H17ClN2O. The Morgan fingerprint density at radius 3 is 2.77 bits per heavy atom. The van der Waals surface area contributed by atoms with Crippen LogP contribution < -0.4 is 10.6 Å². The number of nitrogens with one attached hydrogen (secondary N) is 2. The number of amides is 1. The average molecular weight is 205 g/mol. The largest absolute Gasteiger partial charge is 0.355 e. The van der Waals surface area contributed by atoms with Gasteiger partial charge in [-0.15, -0.1) is 12.4 Å². The van der Waals surface area contributed by atoms with Crippen LogP contribution in [0.4, 0.5) is 0 Å². The Morgan fingerprint density at radius 1 is 1.46 bits per heavy atom. The quantitative estimate of drug-likeness (QED) is 0.600. The molecule has 0 bridgehead atoms. The highest BCUT2D eigenvalue weighted by Gasteiger charge is 2.49. The van der Waals surface area contributed by atoms with Crippen molar-refractivity contribution >= 4 is 18.3 Å². The van der Waals surface area contributed by atoms with Gasteiger partial charge in [-0.1, -0.05) is 6.92 Å². The molecule has 3 nitrogen and oxygen atoms in total. The smallest absolute Gasteiger partial charge is 0.227 e. The number of rotatable bonds is 0. The van der Waals surface area contributed by atoms with Crippen molar-refractivity contribution in [1.29, 1.82) is 0 Å². The van der Waals surface area contributed by atoms with Gasteiger partial charge in [-0.25, -0.2) is 0 Å². The van der Waals surface area contributed by atoms with Crippen LogP contribution in [0.5, 0.6) is 0 Å². The number of piperidine rings is 1. The van der Waals surface area contributed by atoms with Crippen molar-refractivity contribution in [3.63, 3.8) is 0 Å². The lowest BCUT2D eigenvalue weighted by Crippen LogP contribution is -2.53. The molecule has 0 spiro atoms. The standard InChI is InChI=1S/C9H16N2O.ClH/c1-6-3-11-8(12)9(2)5-10-4-7(6)9;/h6-7,10H,3-5H2,1-2H3,(H,11,12);1H/t6?,7-,9-;/m1./s1. The number of fused-ring (bicyclic) bond motifs is 1. The molecule has 2 heterocycles. The first-order chi connectivity index (χ1) is 5.64. The van der Waals surface area contributed by atoms with Crippen LogP contribution in [-0.4, -0.2) is 25.5 Å². The van der Waals surface area contributed by atoms with E-state index in [1.54, 1.807) is 0 Å². The monoisotopic (exact) mass is 204 g/mol. The van der Waals surface area contributed by atoms with E-state index in [0.29, 0.717) is 11.8 Å². The van der Waals surface area contributed by atoms with Crippen LogP contribution in [0.1, 0.15) is 13.8 Å². The highest BCUT2D eigenvalue weighted by Crippen LogP contribution is 2.38. The van der Waals surface area contributed by atoms with Gasteiger partial charge in [0.2, 0.25) is 5.91 Å². The molecule has 76 valence electrons. The zero-order valence-corrected chi connectivity index (χ0v) is 8.91. The highest BCUT2D eigenvalue weighted by atomic mass is 35.5. The predicted octanol–water partition coefficient (Wildman–Crippen LogP) is 0.400. The molecule has 3 atom stereocenters. The number of halogens is 1. The Balaban J connectivity index is 0.000000845. The summed E-state index contributed by atoms with van der Waals surface area (Å²) < 4.78 is 0. The van der Waals surface area contributed by atoms with Gasteiger partial charge < -0.3 is 10.6 Å². The highest BCUT2D eigenvalue weighted by molar-refractivity contribution is 5.85. The third-order valence-electron chi connectivity index (χ3n) is 3.47. The van der Waals surface area contributed by atoms with Gasteiger partial charge in [0.15, 0.2) is 0 Å². The van der Waals surface area contributed by atoms with Crippen molar-refractivity contribution in [3.8, 4) is 0 Å². The second-order valence-electron chi connectivity index (χ2n) is 4.34. The molecule has 1 unspecified atom stereocenters. The van der Waals surface area contributed by atoms with Crippen molar-refractivity contribution in [2.24, 2.45) is 17.3 Å². The average Bonchev–Trinajstić information content (AvgIpc) is 2.42. The lowest BCUT2D eigenvalue weighted by atomic mass is 9.70. The molecule has 2 saturated heterocycles. The van der Waals surface area contributed by atoms with Crippen LogP contribution in [-0.2, 0) is 4.79 Å². The van der Waals surface area contributed by atoms with Crippen LogP contribution in [0, 0.1) is 17.3 Å². The fourth-order valence-corrected chi connectivity index (χ4v) is 2.52. The second-order valence-corrected chi connectivity index (χ2v) is 4.34. The summed E-state index contributed by atoms with van der Waals surface area (Å²) in [7, 11) is 0. The number of hydrogen-bond acceptors (Lipinski definition) is 2. The third-order valence-corrected chi connectivity index (χ3v) is 3.47. The van der Waals surface area contributed by atoms with E-state index in [9.17, 15) is 4.79 Å². The topological polar surface area (TPSA) is 41.1 Å². The zero-order chi connectivity index (χ0) is 8.77. The van der Waals surface area contributed by atoms with Gasteiger partial charge in [-0.05, 0) is 25.3 Å². The number of carbonyl (C=O) groups excluding carboxylic acids is 1. The molecule has 0 radical (unpaired) electrons. The predicted molar refractivity (Wildman–Crippen MR) is 53.9 cm³/mol. The zero-order valence-electron chi connectivity index (χ0n) is 8.09. The van der Waals surface area contributed by atoms with Crippen molar-refractivity contribution in [2.45, 2.75) is 13.8 Å². The van der Waals surface area contributed by atoms with E-state index >= 15 is 0 Å². The van der Waals surface area contributed by atoms with E-state index in [-0.39, 0.29) is 23.7 Å². The Kier molecular flexibility index (Phi) is 2.88. The second kappa shape index (κ2) is 3.46. The first-order valence-electron chi connectivity index (χ1n) is 4.63. The minimum absolute atomic E-state index is 0. The molecule has 13 heavy (non-hydrogen) atoms. The van der Waals surface area contributed by atoms with Gasteiger partial charge in [0.05, 0.1) is 5.41 Å². The molecule has 0 saturated carbocycles. The first-order valence-corrected chi connectivity index (χ1v) is 4.63. The summed E-state index contributed by atoms with van der Waals surface area (Å²) in [6.45, 7) is 6.98. The molecular weight excluding hydrogens is 188 g/mol. The van der Waals surface area contributed by atoms with Crippen molar-refractivity contribution in [1.82, 2.24) is 10.6 Å². The minimum atomic E-state index is -0.141. The Morgan fingerprint density at radius 2 is 2.15 bits per heavy atom. The molecule has 1 amide bonds. The maximum absolute atomic E-state index is 11.6. The van der Waals surface area contributed by atoms with Crippen molar-refractivity contribution in [2.75, 3.05) is 19.6 Å². The third kappa shape index (κ3) is 1.44. The van der Waals surface area contributed by atoms with Gasteiger partial charge >= 0.3 is 0 Å². The van der Waals surface area contributed by atoms with E-state index in [1.807, 2.05) is 0 Å². The molecule has 2 aliphatic heterocycles. The van der Waals surface area contributed by atoms with Crippen LogP contribution in [0.2, 0.25) is 0 Å². The fourth-order valence-electron chi connectivity index (χ4n) is 2.52. The van der Waals surface area contributed by atoms with Gasteiger partial charge in [0, 0.05) is 13.1 Å². The molecule has 2 rings (SSSR count). The first kappa shape index (κ1) is 10.8. The molecule has 2 aliphatic rings. The van der Waals surface area contributed by atoms with Gasteiger partial charge in [0.1, 0.15) is 0 Å². The van der Waals surface area contributed by atoms with Crippen LogP contribution in [0.3, 0.4) is 0 Å². The van der Waals surface area contributed by atoms with E-state index in [0.717, 1.165) is 19.6 Å². The summed E-state index contributed by atoms with van der Waals surface area (Å²) in [5.74, 6) is 1.38. The SMILES string of the molecule is CC1CNC(=O)[C@]2(C)CNC[C@H]12.Cl. The summed E-state index contributed by atoms with van der Waals surface area (Å²) in [6.07, 6.45) is 0. The van der Waals surface area contributed by atoms with Crippen molar-refractivity contribution in [3.05, 3.63) is 0 Å². The van der Waals surface area contributed by atoms with Crippen LogP contribution >= 0.6 is 12.4 Å². The Bertz CT molecular complexity index is 222. The van der Waals surface area contributed by atoms with E-state index in [2.05, 4.69) is 24.5 Å². The molecule has 4 heteroatoms. The van der Waals surface area contributed by atoms with Gasteiger partial charge in [-0.3, -0.25) is 4.79 Å². The summed E-state index contributed by atoms with van der Waals surface area (Å²) in [5.41, 5.74) is -0.141. The van der Waals surface area contributed by atoms with Crippen LogP contribution in [0.25, 0.3) is 0 Å². The molecule has 0 aromatic carbocycles. The molecule has 0 aromatic rings. The maximum Gasteiger partial charge on any atom is 0.227 e. The molecule has 2 N–H and O–H groups in total. The van der Waals surface area contributed by atoms with Crippen molar-refractivity contribution < 1.29 is 4.79 Å². The summed E-state index contributed by atoms with van der Waals surface area (Å²) in [5, 5.41) is 6.27. The summed E-state index contributed by atoms with van der Waals surface area (Å²) in [4.78, 5) is 11.6. The number of hydrogen-bond donors (Lipinski definition) is 2. The van der Waals surface area contributed by atoms with Crippen LogP contribution in [0.15, 0.2) is 0 Å². The maximum atomic E-state index is 11.6. The van der Waals surface area contributed by atoms with E-state index in [1.165, 1.54) is 0 Å². The Hall–Kier alpha value is -0.280. The minimum Gasteiger partial charge on any atom is -0.355 e. The normalized spacial score (nSPS) is 43.4. The lowest BCUT2D eigenvalue weighted by molar-refractivity contribution is -0.135. The van der Waals surface area contributed by atoms with Gasteiger partial charge in [-0.2, -0.15) is 0 Å². The molecule has 0 aliphatic carbocycles. The molecule has 2 fully saturated rings. The van der Waals surface area contributed by atoms with Gasteiger partial charge in [0.25, 0.3) is 0 Å². The lowest BCUT2D eigenvalue weighted by Gasteiger charge is -2.38. The van der Waals surface area contributed by atoms with E-state index < -0.39 is 0 Å². The Labute approximate surface area is 85.1 Å². The molecule has 0 aromatic heterocycles. The van der Waals surface area contributed by atoms with E-state index in [4.69, 9.17) is 0 Å². The summed E-state index contributed by atoms with van der Waals surface area (Å²) in [6, 6.07) is 0. The number of carbonyl (C=O) groups is 1. The fraction of sp³-hybridized carbons (Fsp3) is 0.889. The summed E-state index contributed by atoms with van der Waals surface area (Å²) >= 11 is 0.